The standard InChI is InChI=1S/Al.ClHO.Sn/c;1-2;/h;2H;/q+3;;+2. The van der Waals surface area contributed by atoms with E-state index in [0.717, 1.165) is 0 Å². The summed E-state index contributed by atoms with van der Waals surface area (Å²) in [6.45, 7) is 0. The van der Waals surface area contributed by atoms with Crippen molar-refractivity contribution in [3.8, 4) is 0 Å². The van der Waals surface area contributed by atoms with Gasteiger partial charge in [-0.1, -0.05) is 0 Å². The second kappa shape index (κ2) is 23.5. The van der Waals surface area contributed by atoms with E-state index >= 15 is 0 Å². The Morgan fingerprint density at radius 3 is 1.25 bits per heavy atom. The molecule has 0 saturated carbocycles. The van der Waals surface area contributed by atoms with E-state index in [9.17, 15) is 0 Å². The summed E-state index contributed by atoms with van der Waals surface area (Å²) in [6.07, 6.45) is 0. The maximum Gasteiger partial charge on any atom is 3.00 e. The van der Waals surface area contributed by atoms with E-state index in [1.54, 1.807) is 0 Å². The average Bonchev–Trinajstić information content (AvgIpc) is 1.00. The summed E-state index contributed by atoms with van der Waals surface area (Å²) < 4.78 is 6.47. The van der Waals surface area contributed by atoms with Gasteiger partial charge in [-0.3, -0.25) is 4.66 Å². The molecular formula is HAlClOSn+5. The Morgan fingerprint density at radius 1 is 1.25 bits per heavy atom. The van der Waals surface area contributed by atoms with Crippen LogP contribution < -0.4 is 0 Å². The molecule has 0 aromatic rings. The van der Waals surface area contributed by atoms with Crippen molar-refractivity contribution in [2.45, 2.75) is 0 Å². The maximum absolute atomic E-state index is 6.47. The first-order valence-corrected chi connectivity index (χ1v) is 0.507. The minimum absolute atomic E-state index is 0. The Kier molecular flexibility index (Phi) is 103. The smallest absolute Gasteiger partial charge is 0.295 e. The Bertz CT molecular complexity index is 8.00. The fourth-order valence-electron chi connectivity index (χ4n) is 0. The Hall–Kier alpha value is 1.58. The Morgan fingerprint density at radius 2 is 1.25 bits per heavy atom. The quantitative estimate of drug-likeness (QED) is 0.514. The van der Waals surface area contributed by atoms with Gasteiger partial charge in [0.1, 0.15) is 0 Å². The van der Waals surface area contributed by atoms with Crippen LogP contribution in [0.2, 0.25) is 0 Å². The second-order valence-corrected chi connectivity index (χ2v) is 0. The molecule has 0 aromatic heterocycles. The molecule has 2 radical (unpaired) electrons. The minimum Gasteiger partial charge on any atom is -0.295 e. The number of halogens is 1. The molecule has 1 nitrogen and oxygen atoms in total. The van der Waals surface area contributed by atoms with E-state index in [-0.39, 0.29) is 41.3 Å². The molecule has 0 saturated heterocycles. The number of hydrogen-bond donors (Lipinski definition) is 1. The third-order valence-electron chi connectivity index (χ3n) is 0. The SMILES string of the molecule is OCl.[Al+3].[Sn+2]. The van der Waals surface area contributed by atoms with Gasteiger partial charge in [0.25, 0.3) is 0 Å². The van der Waals surface area contributed by atoms with Gasteiger partial charge in [0.2, 0.25) is 0 Å². The molecule has 0 rings (SSSR count). The summed E-state index contributed by atoms with van der Waals surface area (Å²) in [7, 11) is 0. The van der Waals surface area contributed by atoms with E-state index in [1.165, 1.54) is 0 Å². The van der Waals surface area contributed by atoms with Crippen molar-refractivity contribution in [2.75, 3.05) is 0 Å². The summed E-state index contributed by atoms with van der Waals surface area (Å²) in [5, 5.41) is 0. The van der Waals surface area contributed by atoms with Crippen LogP contribution in [0.25, 0.3) is 0 Å². The van der Waals surface area contributed by atoms with Crippen molar-refractivity contribution in [1.29, 1.82) is 0 Å². The first kappa shape index (κ1) is 17.6. The molecule has 4 heteroatoms. The van der Waals surface area contributed by atoms with Gasteiger partial charge in [-0.25, -0.2) is 0 Å². The molecule has 0 spiro atoms. The summed E-state index contributed by atoms with van der Waals surface area (Å²) in [5.41, 5.74) is 0. The van der Waals surface area contributed by atoms with Gasteiger partial charge in [-0.05, 0) is 0 Å². The molecule has 0 atom stereocenters. The molecule has 0 aliphatic carbocycles. The van der Waals surface area contributed by atoms with Gasteiger partial charge in [-0.15, -0.1) is 0 Å². The van der Waals surface area contributed by atoms with E-state index in [4.69, 9.17) is 4.66 Å². The van der Waals surface area contributed by atoms with Crippen molar-refractivity contribution in [3.63, 3.8) is 0 Å². The molecule has 0 aliphatic rings. The first-order valence-electron chi connectivity index (χ1n) is 0.169. The normalized spacial score (nSPS) is 1.50. The van der Waals surface area contributed by atoms with Gasteiger partial charge in [0.05, 0.1) is 11.9 Å². The molecule has 0 fully saturated rings. The minimum atomic E-state index is 0. The van der Waals surface area contributed by atoms with E-state index in [0.29, 0.717) is 0 Å². The fourth-order valence-corrected chi connectivity index (χ4v) is 0. The van der Waals surface area contributed by atoms with Crippen LogP contribution in [0, 0.1) is 0 Å². The Labute approximate surface area is 57.6 Å². The van der Waals surface area contributed by atoms with Crippen LogP contribution in [-0.2, 0) is 0 Å². The third-order valence-corrected chi connectivity index (χ3v) is 0. The van der Waals surface area contributed by atoms with Crippen molar-refractivity contribution in [2.24, 2.45) is 0 Å². The summed E-state index contributed by atoms with van der Waals surface area (Å²) in [5.74, 6) is 0. The van der Waals surface area contributed by atoms with E-state index in [1.807, 2.05) is 0 Å². The van der Waals surface area contributed by atoms with E-state index in [2.05, 4.69) is 11.9 Å². The van der Waals surface area contributed by atoms with Crippen molar-refractivity contribution in [1.82, 2.24) is 0 Å². The Balaban J connectivity index is -0.00000000500. The first-order chi connectivity index (χ1) is 1.00. The van der Waals surface area contributed by atoms with Gasteiger partial charge < -0.3 is 0 Å². The fraction of sp³-hybridized carbons (Fsp3) is 0. The number of hydrogen-bond acceptors (Lipinski definition) is 1. The predicted molar refractivity (Wildman–Crippen MR) is 19.6 cm³/mol. The zero-order valence-corrected chi connectivity index (χ0v) is 6.67. The summed E-state index contributed by atoms with van der Waals surface area (Å²) in [6, 6.07) is 0. The van der Waals surface area contributed by atoms with Gasteiger partial charge >= 0.3 is 41.3 Å². The molecule has 16 valence electrons. The van der Waals surface area contributed by atoms with Crippen LogP contribution in [-0.4, -0.2) is 45.9 Å². The van der Waals surface area contributed by atoms with Crippen LogP contribution in [0.4, 0.5) is 0 Å². The maximum atomic E-state index is 6.47. The molecule has 0 unspecified atom stereocenters. The molecule has 4 heavy (non-hydrogen) atoms. The average molecular weight is 198 g/mol. The zero-order valence-electron chi connectivity index (χ0n) is 1.90. The van der Waals surface area contributed by atoms with E-state index < -0.39 is 0 Å². The summed E-state index contributed by atoms with van der Waals surface area (Å²) in [4.78, 5) is 0. The van der Waals surface area contributed by atoms with Gasteiger partial charge in [-0.2, -0.15) is 0 Å². The molecular weight excluding hydrogens is 197 g/mol. The van der Waals surface area contributed by atoms with Crippen molar-refractivity contribution in [3.05, 3.63) is 0 Å². The van der Waals surface area contributed by atoms with Gasteiger partial charge in [0, 0.05) is 0 Å². The summed E-state index contributed by atoms with van der Waals surface area (Å²) >= 11 is 3.64. The third kappa shape index (κ3) is 9.54. The second-order valence-electron chi connectivity index (χ2n) is 0. The van der Waals surface area contributed by atoms with Crippen molar-refractivity contribution >= 4 is 53.1 Å². The number of rotatable bonds is 0. The van der Waals surface area contributed by atoms with Crippen LogP contribution >= 0.6 is 11.9 Å². The largest absolute Gasteiger partial charge is 3.00 e. The van der Waals surface area contributed by atoms with Crippen LogP contribution in [0.1, 0.15) is 0 Å². The van der Waals surface area contributed by atoms with Crippen LogP contribution in [0.3, 0.4) is 0 Å². The predicted octanol–water partition coefficient (Wildman–Crippen LogP) is -0.629. The monoisotopic (exact) mass is 199 g/mol. The molecule has 1 N–H and O–H groups in total. The molecule has 0 heterocycles. The molecule has 0 amide bonds. The van der Waals surface area contributed by atoms with Crippen LogP contribution in [0.5, 0.6) is 0 Å². The zero-order chi connectivity index (χ0) is 2.00. The molecule has 0 aromatic carbocycles. The molecule has 0 aliphatic heterocycles. The van der Waals surface area contributed by atoms with Crippen LogP contribution in [0.15, 0.2) is 0 Å². The van der Waals surface area contributed by atoms with Crippen molar-refractivity contribution < 1.29 is 4.66 Å². The molecule has 0 bridgehead atoms. The van der Waals surface area contributed by atoms with Gasteiger partial charge in [0.15, 0.2) is 0 Å². The topological polar surface area (TPSA) is 20.2 Å².